The van der Waals surface area contributed by atoms with Crippen molar-refractivity contribution in [1.82, 2.24) is 9.78 Å². The van der Waals surface area contributed by atoms with E-state index in [1.54, 1.807) is 54.7 Å². The summed E-state index contributed by atoms with van der Waals surface area (Å²) in [5.41, 5.74) is 7.47. The van der Waals surface area contributed by atoms with E-state index in [-0.39, 0.29) is 11.6 Å². The van der Waals surface area contributed by atoms with Gasteiger partial charge >= 0.3 is 0 Å². The fraction of sp³-hybridized carbons (Fsp3) is 0. The number of carbonyl (C=O) groups excluding carboxylic acids is 2. The molecule has 2 amide bonds. The van der Waals surface area contributed by atoms with Crippen LogP contribution in [0.3, 0.4) is 0 Å². The summed E-state index contributed by atoms with van der Waals surface area (Å²) in [6, 6.07) is 13.6. The van der Waals surface area contributed by atoms with Gasteiger partial charge in [0.25, 0.3) is 5.91 Å². The molecule has 3 N–H and O–H groups in total. The van der Waals surface area contributed by atoms with Crippen LogP contribution in [0.5, 0.6) is 0 Å². The lowest BCUT2D eigenvalue weighted by molar-refractivity contribution is -0.111. The minimum absolute atomic E-state index is 0.180. The van der Waals surface area contributed by atoms with Crippen molar-refractivity contribution in [2.24, 2.45) is 5.73 Å². The predicted molar refractivity (Wildman–Crippen MR) is 106 cm³/mol. The van der Waals surface area contributed by atoms with E-state index in [4.69, 9.17) is 28.9 Å². The summed E-state index contributed by atoms with van der Waals surface area (Å²) in [6.45, 7) is 0. The van der Waals surface area contributed by atoms with E-state index in [9.17, 15) is 9.59 Å². The summed E-state index contributed by atoms with van der Waals surface area (Å²) < 4.78 is 1.52. The lowest BCUT2D eigenvalue weighted by Gasteiger charge is -2.05. The average Bonchev–Trinajstić information content (AvgIpc) is 3.14. The zero-order valence-corrected chi connectivity index (χ0v) is 15.4. The topological polar surface area (TPSA) is 90.0 Å². The number of nitrogens with two attached hydrogens (primary N) is 1. The number of benzene rings is 2. The Morgan fingerprint density at radius 1 is 1.04 bits per heavy atom. The SMILES string of the molecule is NC(=O)c1ccn(-c2ccc(NC(=O)/C=C/c3ccc(Cl)c(Cl)c3)cc2)n1. The van der Waals surface area contributed by atoms with Crippen molar-refractivity contribution in [3.63, 3.8) is 0 Å². The molecular weight excluding hydrogens is 387 g/mol. The van der Waals surface area contributed by atoms with Crippen molar-refractivity contribution < 1.29 is 9.59 Å². The maximum absolute atomic E-state index is 12.0. The molecule has 3 rings (SSSR count). The normalized spacial score (nSPS) is 10.9. The first kappa shape index (κ1) is 18.7. The second-order valence-corrected chi connectivity index (χ2v) is 6.37. The molecule has 0 unspecified atom stereocenters. The molecule has 1 aromatic heterocycles. The Bertz CT molecular complexity index is 1030. The minimum atomic E-state index is -0.591. The van der Waals surface area contributed by atoms with Crippen LogP contribution >= 0.6 is 23.2 Å². The molecule has 6 nitrogen and oxygen atoms in total. The molecule has 2 aromatic carbocycles. The summed E-state index contributed by atoms with van der Waals surface area (Å²) in [7, 11) is 0. The lowest BCUT2D eigenvalue weighted by atomic mass is 10.2. The molecule has 0 aliphatic carbocycles. The van der Waals surface area contributed by atoms with Crippen molar-refractivity contribution in [2.75, 3.05) is 5.32 Å². The van der Waals surface area contributed by atoms with Crippen LogP contribution in [0.15, 0.2) is 60.8 Å². The zero-order chi connectivity index (χ0) is 19.4. The number of carbonyl (C=O) groups is 2. The van der Waals surface area contributed by atoms with Gasteiger partial charge in [0.1, 0.15) is 5.69 Å². The number of rotatable bonds is 5. The van der Waals surface area contributed by atoms with E-state index >= 15 is 0 Å². The highest BCUT2D eigenvalue weighted by Gasteiger charge is 2.06. The van der Waals surface area contributed by atoms with Crippen molar-refractivity contribution in [3.05, 3.63) is 82.1 Å². The van der Waals surface area contributed by atoms with Crippen LogP contribution in [0.1, 0.15) is 16.1 Å². The number of nitrogens with one attached hydrogen (secondary N) is 1. The lowest BCUT2D eigenvalue weighted by Crippen LogP contribution is -2.12. The van der Waals surface area contributed by atoms with E-state index in [1.807, 2.05) is 0 Å². The number of amides is 2. The van der Waals surface area contributed by atoms with Gasteiger partial charge in [0.2, 0.25) is 5.91 Å². The van der Waals surface area contributed by atoms with E-state index in [1.165, 1.54) is 16.8 Å². The van der Waals surface area contributed by atoms with E-state index in [0.717, 1.165) is 11.3 Å². The smallest absolute Gasteiger partial charge is 0.269 e. The Labute approximate surface area is 165 Å². The monoisotopic (exact) mass is 400 g/mol. The molecule has 0 radical (unpaired) electrons. The number of halogens is 2. The first-order chi connectivity index (χ1) is 12.9. The predicted octanol–water partition coefficient (Wildman–Crippen LogP) is 3.93. The van der Waals surface area contributed by atoms with Gasteiger partial charge in [-0.05, 0) is 54.1 Å². The molecule has 1 heterocycles. The van der Waals surface area contributed by atoms with Crippen LogP contribution in [0.4, 0.5) is 5.69 Å². The molecule has 0 saturated heterocycles. The second kappa shape index (κ2) is 8.07. The highest BCUT2D eigenvalue weighted by molar-refractivity contribution is 6.42. The Morgan fingerprint density at radius 3 is 2.41 bits per heavy atom. The van der Waals surface area contributed by atoms with Crippen molar-refractivity contribution in [2.45, 2.75) is 0 Å². The van der Waals surface area contributed by atoms with Crippen LogP contribution < -0.4 is 11.1 Å². The number of nitrogens with zero attached hydrogens (tertiary/aromatic N) is 2. The van der Waals surface area contributed by atoms with Gasteiger partial charge in [-0.2, -0.15) is 5.10 Å². The molecule has 0 atom stereocenters. The van der Waals surface area contributed by atoms with Gasteiger partial charge in [-0.1, -0.05) is 29.3 Å². The maximum Gasteiger partial charge on any atom is 0.269 e. The van der Waals surface area contributed by atoms with E-state index in [0.29, 0.717) is 15.7 Å². The number of anilines is 1. The van der Waals surface area contributed by atoms with Gasteiger partial charge < -0.3 is 11.1 Å². The molecular formula is C19H14Cl2N4O2. The molecule has 0 saturated carbocycles. The molecule has 3 aromatic rings. The summed E-state index contributed by atoms with van der Waals surface area (Å²) >= 11 is 11.8. The van der Waals surface area contributed by atoms with Crippen molar-refractivity contribution >= 4 is 46.8 Å². The van der Waals surface area contributed by atoms with Gasteiger partial charge in [0.15, 0.2) is 0 Å². The number of hydrogen-bond acceptors (Lipinski definition) is 3. The third kappa shape index (κ3) is 4.75. The Kier molecular flexibility index (Phi) is 5.59. The maximum atomic E-state index is 12.0. The summed E-state index contributed by atoms with van der Waals surface area (Å²) in [5.74, 6) is -0.879. The van der Waals surface area contributed by atoms with Crippen molar-refractivity contribution in [3.8, 4) is 5.69 Å². The van der Waals surface area contributed by atoms with Gasteiger partial charge in [-0.3, -0.25) is 9.59 Å². The van der Waals surface area contributed by atoms with E-state index in [2.05, 4.69) is 10.4 Å². The number of primary amides is 1. The summed E-state index contributed by atoms with van der Waals surface area (Å²) in [5, 5.41) is 7.70. The van der Waals surface area contributed by atoms with Crippen LogP contribution in [0.2, 0.25) is 10.0 Å². The summed E-state index contributed by atoms with van der Waals surface area (Å²) in [4.78, 5) is 23.1. The molecule has 0 spiro atoms. The highest BCUT2D eigenvalue weighted by Crippen LogP contribution is 2.23. The van der Waals surface area contributed by atoms with Gasteiger partial charge in [0, 0.05) is 18.0 Å². The molecule has 8 heteroatoms. The van der Waals surface area contributed by atoms with Gasteiger partial charge in [-0.25, -0.2) is 4.68 Å². The zero-order valence-electron chi connectivity index (χ0n) is 13.9. The Hall–Kier alpha value is -3.09. The van der Waals surface area contributed by atoms with Crippen LogP contribution in [-0.4, -0.2) is 21.6 Å². The number of hydrogen-bond donors (Lipinski definition) is 2. The largest absolute Gasteiger partial charge is 0.364 e. The average molecular weight is 401 g/mol. The van der Waals surface area contributed by atoms with Crippen molar-refractivity contribution in [1.29, 1.82) is 0 Å². The third-order valence-corrected chi connectivity index (χ3v) is 4.35. The molecule has 27 heavy (non-hydrogen) atoms. The molecule has 0 fully saturated rings. The fourth-order valence-electron chi connectivity index (χ4n) is 2.27. The van der Waals surface area contributed by atoms with Gasteiger partial charge in [0.05, 0.1) is 15.7 Å². The summed E-state index contributed by atoms with van der Waals surface area (Å²) in [6.07, 6.45) is 4.68. The highest BCUT2D eigenvalue weighted by atomic mass is 35.5. The first-order valence-corrected chi connectivity index (χ1v) is 8.58. The number of aromatic nitrogens is 2. The molecule has 0 bridgehead atoms. The first-order valence-electron chi connectivity index (χ1n) is 7.82. The van der Waals surface area contributed by atoms with Crippen LogP contribution in [0, 0.1) is 0 Å². The molecule has 0 aliphatic rings. The molecule has 136 valence electrons. The Morgan fingerprint density at radius 2 is 1.78 bits per heavy atom. The Balaban J connectivity index is 1.64. The van der Waals surface area contributed by atoms with Crippen LogP contribution in [0.25, 0.3) is 11.8 Å². The third-order valence-electron chi connectivity index (χ3n) is 3.61. The van der Waals surface area contributed by atoms with Gasteiger partial charge in [-0.15, -0.1) is 0 Å². The fourth-order valence-corrected chi connectivity index (χ4v) is 2.58. The second-order valence-electron chi connectivity index (χ2n) is 5.55. The minimum Gasteiger partial charge on any atom is -0.364 e. The van der Waals surface area contributed by atoms with Crippen LogP contribution in [-0.2, 0) is 4.79 Å². The van der Waals surface area contributed by atoms with E-state index < -0.39 is 5.91 Å². The quantitative estimate of drug-likeness (QED) is 0.635. The molecule has 0 aliphatic heterocycles. The standard InChI is InChI=1S/C19H14Cl2N4O2/c20-15-7-1-12(11-16(15)21)2-8-18(26)23-13-3-5-14(6-4-13)25-10-9-17(24-25)19(22)27/h1-11H,(H2,22,27)(H,23,26)/b8-2+.